The third-order valence-corrected chi connectivity index (χ3v) is 3.04. The standard InChI is InChI=1S/C14H18FNO2/c1-14(2)9-13(17)16(10-14)7-8-18-12-5-3-11(15)4-6-12/h3-6H,7-10H2,1-2H3. The van der Waals surface area contributed by atoms with E-state index < -0.39 is 0 Å². The number of halogens is 1. The van der Waals surface area contributed by atoms with Crippen LogP contribution in [0.3, 0.4) is 0 Å². The summed E-state index contributed by atoms with van der Waals surface area (Å²) in [6.07, 6.45) is 0.601. The molecule has 1 fully saturated rings. The van der Waals surface area contributed by atoms with Gasteiger partial charge in [-0.05, 0) is 29.7 Å². The third kappa shape index (κ3) is 3.22. The normalized spacial score (nSPS) is 18.2. The first-order valence-electron chi connectivity index (χ1n) is 6.12. The van der Waals surface area contributed by atoms with E-state index in [-0.39, 0.29) is 17.1 Å². The van der Waals surface area contributed by atoms with Crippen LogP contribution in [0.5, 0.6) is 5.75 Å². The van der Waals surface area contributed by atoms with Crippen molar-refractivity contribution in [3.05, 3.63) is 30.1 Å². The van der Waals surface area contributed by atoms with Crippen LogP contribution in [0.1, 0.15) is 20.3 Å². The molecule has 0 atom stereocenters. The van der Waals surface area contributed by atoms with Crippen LogP contribution < -0.4 is 4.74 Å². The van der Waals surface area contributed by atoms with Crippen molar-refractivity contribution in [1.29, 1.82) is 0 Å². The van der Waals surface area contributed by atoms with Gasteiger partial charge in [0.25, 0.3) is 0 Å². The number of likely N-dealkylation sites (tertiary alicyclic amines) is 1. The summed E-state index contributed by atoms with van der Waals surface area (Å²) in [5.74, 6) is 0.531. The molecule has 1 aliphatic heterocycles. The molecular weight excluding hydrogens is 233 g/mol. The molecule has 0 spiro atoms. The topological polar surface area (TPSA) is 29.5 Å². The molecule has 4 heteroatoms. The van der Waals surface area contributed by atoms with Gasteiger partial charge < -0.3 is 9.64 Å². The first-order chi connectivity index (χ1) is 8.46. The van der Waals surface area contributed by atoms with Crippen LogP contribution in [0.4, 0.5) is 4.39 Å². The zero-order valence-corrected chi connectivity index (χ0v) is 10.8. The van der Waals surface area contributed by atoms with E-state index in [0.29, 0.717) is 25.3 Å². The maximum Gasteiger partial charge on any atom is 0.223 e. The first kappa shape index (κ1) is 12.9. The molecule has 0 unspecified atom stereocenters. The molecule has 1 aromatic carbocycles. The molecule has 0 bridgehead atoms. The lowest BCUT2D eigenvalue weighted by Gasteiger charge is -2.19. The summed E-state index contributed by atoms with van der Waals surface area (Å²) in [5, 5.41) is 0. The molecule has 1 saturated heterocycles. The average molecular weight is 251 g/mol. The zero-order valence-electron chi connectivity index (χ0n) is 10.8. The average Bonchev–Trinajstić information content (AvgIpc) is 2.55. The second kappa shape index (κ2) is 4.96. The highest BCUT2D eigenvalue weighted by Crippen LogP contribution is 2.29. The van der Waals surface area contributed by atoms with Gasteiger partial charge in [-0.1, -0.05) is 13.8 Å². The Kier molecular flexibility index (Phi) is 3.55. The van der Waals surface area contributed by atoms with E-state index in [1.807, 2.05) is 4.90 Å². The lowest BCUT2D eigenvalue weighted by atomic mass is 9.93. The monoisotopic (exact) mass is 251 g/mol. The molecule has 18 heavy (non-hydrogen) atoms. The molecule has 0 saturated carbocycles. The van der Waals surface area contributed by atoms with Crippen molar-refractivity contribution >= 4 is 5.91 Å². The lowest BCUT2D eigenvalue weighted by Crippen LogP contribution is -2.30. The second-order valence-corrected chi connectivity index (χ2v) is 5.46. The van der Waals surface area contributed by atoms with Crippen molar-refractivity contribution in [3.8, 4) is 5.75 Å². The zero-order chi connectivity index (χ0) is 13.2. The number of rotatable bonds is 4. The molecule has 1 aromatic rings. The predicted octanol–water partition coefficient (Wildman–Crippen LogP) is 2.46. The van der Waals surface area contributed by atoms with E-state index in [4.69, 9.17) is 4.74 Å². The summed E-state index contributed by atoms with van der Waals surface area (Å²) in [6, 6.07) is 5.90. The van der Waals surface area contributed by atoms with E-state index in [2.05, 4.69) is 13.8 Å². The highest BCUT2D eigenvalue weighted by atomic mass is 19.1. The first-order valence-corrected chi connectivity index (χ1v) is 6.12. The van der Waals surface area contributed by atoms with Gasteiger partial charge in [-0.25, -0.2) is 4.39 Å². The van der Waals surface area contributed by atoms with Crippen molar-refractivity contribution in [1.82, 2.24) is 4.90 Å². The quantitative estimate of drug-likeness (QED) is 0.822. The fourth-order valence-electron chi connectivity index (χ4n) is 2.19. The summed E-state index contributed by atoms with van der Waals surface area (Å²) >= 11 is 0. The summed E-state index contributed by atoms with van der Waals surface area (Å²) in [4.78, 5) is 13.5. The molecule has 98 valence electrons. The molecular formula is C14H18FNO2. The van der Waals surface area contributed by atoms with Gasteiger partial charge in [0.1, 0.15) is 18.2 Å². The van der Waals surface area contributed by atoms with Gasteiger partial charge in [-0.15, -0.1) is 0 Å². The summed E-state index contributed by atoms with van der Waals surface area (Å²) in [5.41, 5.74) is 0.0625. The van der Waals surface area contributed by atoms with E-state index in [1.165, 1.54) is 12.1 Å². The number of benzene rings is 1. The molecule has 0 N–H and O–H groups in total. The number of carbonyl (C=O) groups excluding carboxylic acids is 1. The van der Waals surface area contributed by atoms with Crippen LogP contribution in [-0.2, 0) is 4.79 Å². The maximum atomic E-state index is 12.7. The van der Waals surface area contributed by atoms with Gasteiger partial charge >= 0.3 is 0 Å². The maximum absolute atomic E-state index is 12.7. The van der Waals surface area contributed by atoms with Crippen molar-refractivity contribution in [3.63, 3.8) is 0 Å². The Hall–Kier alpha value is -1.58. The van der Waals surface area contributed by atoms with E-state index in [0.717, 1.165) is 6.54 Å². The molecule has 1 heterocycles. The van der Waals surface area contributed by atoms with E-state index in [1.54, 1.807) is 12.1 Å². The summed E-state index contributed by atoms with van der Waals surface area (Å²) < 4.78 is 18.2. The van der Waals surface area contributed by atoms with Crippen molar-refractivity contribution in [2.75, 3.05) is 19.7 Å². The molecule has 0 aliphatic carbocycles. The lowest BCUT2D eigenvalue weighted by molar-refractivity contribution is -0.128. The minimum absolute atomic E-state index is 0.0625. The van der Waals surface area contributed by atoms with Crippen molar-refractivity contribution in [2.45, 2.75) is 20.3 Å². The Morgan fingerprint density at radius 3 is 2.56 bits per heavy atom. The van der Waals surface area contributed by atoms with Crippen LogP contribution >= 0.6 is 0 Å². The Balaban J connectivity index is 1.79. The summed E-state index contributed by atoms with van der Waals surface area (Å²) in [6.45, 7) is 5.98. The minimum Gasteiger partial charge on any atom is -0.492 e. The van der Waals surface area contributed by atoms with Gasteiger partial charge in [0.05, 0.1) is 6.54 Å². The Bertz CT molecular complexity index is 428. The summed E-state index contributed by atoms with van der Waals surface area (Å²) in [7, 11) is 0. The molecule has 3 nitrogen and oxygen atoms in total. The van der Waals surface area contributed by atoms with Crippen molar-refractivity contribution in [2.24, 2.45) is 5.41 Å². The second-order valence-electron chi connectivity index (χ2n) is 5.46. The smallest absolute Gasteiger partial charge is 0.223 e. The number of amides is 1. The molecule has 2 rings (SSSR count). The fraction of sp³-hybridized carbons (Fsp3) is 0.500. The predicted molar refractivity (Wildman–Crippen MR) is 66.9 cm³/mol. The van der Waals surface area contributed by atoms with E-state index in [9.17, 15) is 9.18 Å². The van der Waals surface area contributed by atoms with Crippen LogP contribution in [0.15, 0.2) is 24.3 Å². The van der Waals surface area contributed by atoms with Gasteiger partial charge in [0.2, 0.25) is 5.91 Å². The highest BCUT2D eigenvalue weighted by Gasteiger charge is 2.35. The number of hydrogen-bond donors (Lipinski definition) is 0. The molecule has 0 aromatic heterocycles. The number of hydrogen-bond acceptors (Lipinski definition) is 2. The third-order valence-electron chi connectivity index (χ3n) is 3.04. The Morgan fingerprint density at radius 1 is 1.33 bits per heavy atom. The fourth-order valence-corrected chi connectivity index (χ4v) is 2.19. The van der Waals surface area contributed by atoms with Gasteiger partial charge in [-0.3, -0.25) is 4.79 Å². The minimum atomic E-state index is -0.279. The Morgan fingerprint density at radius 2 is 2.00 bits per heavy atom. The van der Waals surface area contributed by atoms with Crippen LogP contribution in [-0.4, -0.2) is 30.5 Å². The highest BCUT2D eigenvalue weighted by molar-refractivity contribution is 5.79. The molecule has 1 amide bonds. The number of nitrogens with zero attached hydrogens (tertiary/aromatic N) is 1. The molecule has 1 aliphatic rings. The van der Waals surface area contributed by atoms with Crippen molar-refractivity contribution < 1.29 is 13.9 Å². The Labute approximate surface area is 107 Å². The SMILES string of the molecule is CC1(C)CC(=O)N(CCOc2ccc(F)cc2)C1. The largest absolute Gasteiger partial charge is 0.492 e. The van der Waals surface area contributed by atoms with Crippen LogP contribution in [0, 0.1) is 11.2 Å². The van der Waals surface area contributed by atoms with Gasteiger partial charge in [0.15, 0.2) is 0 Å². The number of ether oxygens (including phenoxy) is 1. The van der Waals surface area contributed by atoms with Gasteiger partial charge in [0, 0.05) is 13.0 Å². The van der Waals surface area contributed by atoms with E-state index >= 15 is 0 Å². The molecule has 0 radical (unpaired) electrons. The van der Waals surface area contributed by atoms with Crippen LogP contribution in [0.25, 0.3) is 0 Å². The van der Waals surface area contributed by atoms with Crippen LogP contribution in [0.2, 0.25) is 0 Å². The van der Waals surface area contributed by atoms with Gasteiger partial charge in [-0.2, -0.15) is 0 Å². The number of carbonyl (C=O) groups is 1.